The maximum absolute atomic E-state index is 12.9. The second-order valence-corrected chi connectivity index (χ2v) is 7.79. The Kier molecular flexibility index (Phi) is 8.14. The Morgan fingerprint density at radius 1 is 0.886 bits per heavy atom. The van der Waals surface area contributed by atoms with Crippen LogP contribution in [0.1, 0.15) is 22.8 Å². The van der Waals surface area contributed by atoms with Crippen molar-refractivity contribution in [3.05, 3.63) is 96.1 Å². The third-order valence-electron chi connectivity index (χ3n) is 4.63. The Morgan fingerprint density at radius 3 is 2.26 bits per heavy atom. The lowest BCUT2D eigenvalue weighted by Crippen LogP contribution is -2.22. The quantitative estimate of drug-likeness (QED) is 0.328. The minimum absolute atomic E-state index is 0.0120. The average Bonchev–Trinajstić information content (AvgIpc) is 2.81. The number of carbonyl (C=O) groups is 2. The SMILES string of the molecule is C=C(C)COc1cccc(NCC(=O)Nc2cccc(C(=O)Nc3cccc(C(F)(F)F)c3)c2)c1. The van der Waals surface area contributed by atoms with Gasteiger partial charge in [0.05, 0.1) is 12.1 Å². The van der Waals surface area contributed by atoms with Gasteiger partial charge in [0.1, 0.15) is 12.4 Å². The van der Waals surface area contributed by atoms with E-state index in [0.717, 1.165) is 17.7 Å². The summed E-state index contributed by atoms with van der Waals surface area (Å²) in [6.07, 6.45) is -4.52. The molecule has 0 fully saturated rings. The van der Waals surface area contributed by atoms with E-state index >= 15 is 0 Å². The summed E-state index contributed by atoms with van der Waals surface area (Å²) in [7, 11) is 0. The minimum Gasteiger partial charge on any atom is -0.489 e. The molecule has 0 radical (unpaired) electrons. The Balaban J connectivity index is 1.57. The van der Waals surface area contributed by atoms with Crippen LogP contribution >= 0.6 is 0 Å². The van der Waals surface area contributed by atoms with E-state index in [0.29, 0.717) is 23.7 Å². The summed E-state index contributed by atoms with van der Waals surface area (Å²) < 4.78 is 44.2. The monoisotopic (exact) mass is 483 g/mol. The number of amides is 2. The van der Waals surface area contributed by atoms with Gasteiger partial charge in [0, 0.05) is 28.7 Å². The zero-order valence-corrected chi connectivity index (χ0v) is 18.9. The van der Waals surface area contributed by atoms with Crippen LogP contribution in [-0.2, 0) is 11.0 Å². The summed E-state index contributed by atoms with van der Waals surface area (Å²) in [6, 6.07) is 17.6. The van der Waals surface area contributed by atoms with Gasteiger partial charge in [-0.15, -0.1) is 0 Å². The summed E-state index contributed by atoms with van der Waals surface area (Å²) >= 11 is 0. The molecule has 0 spiro atoms. The molecule has 0 aliphatic rings. The first-order chi connectivity index (χ1) is 16.6. The third-order valence-corrected chi connectivity index (χ3v) is 4.63. The van der Waals surface area contributed by atoms with Gasteiger partial charge >= 0.3 is 6.18 Å². The Morgan fingerprint density at radius 2 is 1.54 bits per heavy atom. The average molecular weight is 483 g/mol. The molecule has 182 valence electrons. The van der Waals surface area contributed by atoms with E-state index in [1.165, 1.54) is 24.3 Å². The highest BCUT2D eigenvalue weighted by Gasteiger charge is 2.30. The van der Waals surface area contributed by atoms with E-state index in [2.05, 4.69) is 22.5 Å². The summed E-state index contributed by atoms with van der Waals surface area (Å²) in [5, 5.41) is 8.12. The van der Waals surface area contributed by atoms with Crippen molar-refractivity contribution in [2.24, 2.45) is 0 Å². The van der Waals surface area contributed by atoms with Crippen LogP contribution in [0.2, 0.25) is 0 Å². The predicted octanol–water partition coefficient (Wildman–Crippen LogP) is 5.96. The van der Waals surface area contributed by atoms with Gasteiger partial charge in [-0.3, -0.25) is 9.59 Å². The molecule has 0 aromatic heterocycles. The van der Waals surface area contributed by atoms with E-state index in [1.54, 1.807) is 36.4 Å². The first kappa shape index (κ1) is 25.4. The number of carbonyl (C=O) groups excluding carboxylic acids is 2. The highest BCUT2D eigenvalue weighted by molar-refractivity contribution is 6.05. The number of hydrogen-bond acceptors (Lipinski definition) is 4. The lowest BCUT2D eigenvalue weighted by molar-refractivity contribution is -0.137. The first-order valence-electron chi connectivity index (χ1n) is 10.6. The minimum atomic E-state index is -4.52. The molecule has 9 heteroatoms. The molecule has 2 amide bonds. The molecule has 3 aromatic rings. The Bertz CT molecular complexity index is 1230. The van der Waals surface area contributed by atoms with E-state index < -0.39 is 17.6 Å². The summed E-state index contributed by atoms with van der Waals surface area (Å²) in [5.74, 6) is -0.322. The molecule has 0 unspecified atom stereocenters. The Labute approximate surface area is 200 Å². The molecule has 0 saturated heterocycles. The molecule has 3 N–H and O–H groups in total. The summed E-state index contributed by atoms with van der Waals surface area (Å²) in [5.41, 5.74) is 1.26. The number of anilines is 3. The molecular weight excluding hydrogens is 459 g/mol. The van der Waals surface area contributed by atoms with Crippen molar-refractivity contribution in [3.8, 4) is 5.75 Å². The zero-order valence-electron chi connectivity index (χ0n) is 18.9. The van der Waals surface area contributed by atoms with E-state index in [1.807, 2.05) is 6.92 Å². The van der Waals surface area contributed by atoms with Gasteiger partial charge in [0.15, 0.2) is 0 Å². The number of halogens is 3. The second-order valence-electron chi connectivity index (χ2n) is 7.79. The van der Waals surface area contributed by atoms with Crippen LogP contribution in [-0.4, -0.2) is 25.0 Å². The molecule has 0 aliphatic carbocycles. The number of ether oxygens (including phenoxy) is 1. The smallest absolute Gasteiger partial charge is 0.416 e. The van der Waals surface area contributed by atoms with Crippen LogP contribution in [0.5, 0.6) is 5.75 Å². The Hall–Kier alpha value is -4.27. The van der Waals surface area contributed by atoms with Crippen molar-refractivity contribution < 1.29 is 27.5 Å². The topological polar surface area (TPSA) is 79.5 Å². The van der Waals surface area contributed by atoms with Gasteiger partial charge in [0.2, 0.25) is 5.91 Å². The van der Waals surface area contributed by atoms with E-state index in [9.17, 15) is 22.8 Å². The largest absolute Gasteiger partial charge is 0.489 e. The highest BCUT2D eigenvalue weighted by atomic mass is 19.4. The molecule has 0 saturated carbocycles. The van der Waals surface area contributed by atoms with Gasteiger partial charge in [-0.2, -0.15) is 13.2 Å². The number of hydrogen-bond donors (Lipinski definition) is 3. The fourth-order valence-corrected chi connectivity index (χ4v) is 3.00. The maximum Gasteiger partial charge on any atom is 0.416 e. The van der Waals surface area contributed by atoms with Gasteiger partial charge in [-0.25, -0.2) is 0 Å². The van der Waals surface area contributed by atoms with Crippen molar-refractivity contribution in [3.63, 3.8) is 0 Å². The molecule has 0 bridgehead atoms. The zero-order chi connectivity index (χ0) is 25.4. The molecule has 35 heavy (non-hydrogen) atoms. The fourth-order valence-electron chi connectivity index (χ4n) is 3.00. The van der Waals surface area contributed by atoms with E-state index in [-0.39, 0.29) is 23.7 Å². The summed E-state index contributed by atoms with van der Waals surface area (Å²) in [6.45, 7) is 5.99. The number of nitrogens with one attached hydrogen (secondary N) is 3. The molecular formula is C26H24F3N3O3. The van der Waals surface area contributed by atoms with Crippen LogP contribution in [0.4, 0.5) is 30.2 Å². The lowest BCUT2D eigenvalue weighted by atomic mass is 10.1. The van der Waals surface area contributed by atoms with Gasteiger partial charge < -0.3 is 20.7 Å². The van der Waals surface area contributed by atoms with Gasteiger partial charge in [-0.1, -0.05) is 24.8 Å². The van der Waals surface area contributed by atoms with E-state index in [4.69, 9.17) is 4.74 Å². The highest BCUT2D eigenvalue weighted by Crippen LogP contribution is 2.30. The molecule has 0 heterocycles. The van der Waals surface area contributed by atoms with Crippen LogP contribution < -0.4 is 20.7 Å². The molecule has 6 nitrogen and oxygen atoms in total. The van der Waals surface area contributed by atoms with Gasteiger partial charge in [-0.05, 0) is 61.0 Å². The van der Waals surface area contributed by atoms with Crippen molar-refractivity contribution in [1.29, 1.82) is 0 Å². The standard InChI is InChI=1S/C26H24F3N3O3/c1-17(2)16-35-23-11-5-8-20(14-23)30-15-24(33)31-21-9-3-6-18(12-21)25(34)32-22-10-4-7-19(13-22)26(27,28)29/h3-14,30H,1,15-16H2,2H3,(H,31,33)(H,32,34). The van der Waals surface area contributed by atoms with Crippen LogP contribution in [0.3, 0.4) is 0 Å². The predicted molar refractivity (Wildman–Crippen MR) is 130 cm³/mol. The normalized spacial score (nSPS) is 10.9. The molecule has 0 atom stereocenters. The molecule has 3 aromatic carbocycles. The molecule has 3 rings (SSSR count). The first-order valence-corrected chi connectivity index (χ1v) is 10.6. The number of alkyl halides is 3. The number of benzene rings is 3. The molecule has 0 aliphatic heterocycles. The van der Waals surface area contributed by atoms with Crippen LogP contribution in [0.15, 0.2) is 84.9 Å². The summed E-state index contributed by atoms with van der Waals surface area (Å²) in [4.78, 5) is 24.9. The number of rotatable bonds is 9. The van der Waals surface area contributed by atoms with Gasteiger partial charge in [0.25, 0.3) is 5.91 Å². The van der Waals surface area contributed by atoms with Crippen LogP contribution in [0.25, 0.3) is 0 Å². The second kappa shape index (κ2) is 11.2. The van der Waals surface area contributed by atoms with Crippen LogP contribution in [0, 0.1) is 0 Å². The van der Waals surface area contributed by atoms with Crippen molar-refractivity contribution in [1.82, 2.24) is 0 Å². The lowest BCUT2D eigenvalue weighted by Gasteiger charge is -2.12. The maximum atomic E-state index is 12.9. The third kappa shape index (κ3) is 7.92. The van der Waals surface area contributed by atoms with Crippen molar-refractivity contribution in [2.75, 3.05) is 29.1 Å². The fraction of sp³-hybridized carbons (Fsp3) is 0.154. The van der Waals surface area contributed by atoms with Crippen molar-refractivity contribution in [2.45, 2.75) is 13.1 Å². The van der Waals surface area contributed by atoms with Crippen molar-refractivity contribution >= 4 is 28.9 Å².